The molecule has 2 aromatic rings. The lowest BCUT2D eigenvalue weighted by Gasteiger charge is -2.18. The van der Waals surface area contributed by atoms with Gasteiger partial charge in [-0.2, -0.15) is 0 Å². The first kappa shape index (κ1) is 14.4. The van der Waals surface area contributed by atoms with E-state index in [4.69, 9.17) is 5.73 Å². The molecule has 0 bridgehead atoms. The summed E-state index contributed by atoms with van der Waals surface area (Å²) in [7, 11) is -1.80. The fourth-order valence-electron chi connectivity index (χ4n) is 2.75. The van der Waals surface area contributed by atoms with Crippen LogP contribution in [0.1, 0.15) is 13.3 Å². The van der Waals surface area contributed by atoms with Crippen molar-refractivity contribution in [1.82, 2.24) is 4.31 Å². The highest BCUT2D eigenvalue weighted by atomic mass is 32.2. The van der Waals surface area contributed by atoms with E-state index in [9.17, 15) is 8.42 Å². The Bertz CT molecular complexity index is 786. The Hall–Kier alpha value is -1.59. The summed E-state index contributed by atoms with van der Waals surface area (Å²) in [5.41, 5.74) is 6.41. The third-order valence-electron chi connectivity index (χ3n) is 4.32. The summed E-state index contributed by atoms with van der Waals surface area (Å²) in [5.74, 6) is 1.13. The van der Waals surface area contributed by atoms with Crippen molar-refractivity contribution >= 4 is 26.5 Å². The van der Waals surface area contributed by atoms with Crippen LogP contribution in [0.25, 0.3) is 10.8 Å². The van der Waals surface area contributed by atoms with Crippen molar-refractivity contribution in [3.63, 3.8) is 0 Å². The van der Waals surface area contributed by atoms with Gasteiger partial charge in [0.05, 0.1) is 4.90 Å². The minimum atomic E-state index is -3.46. The van der Waals surface area contributed by atoms with Gasteiger partial charge in [-0.1, -0.05) is 25.1 Å². The molecule has 0 aliphatic heterocycles. The molecular weight excluding hydrogens is 284 g/mol. The fraction of sp³-hybridized carbons (Fsp3) is 0.375. The summed E-state index contributed by atoms with van der Waals surface area (Å²) in [4.78, 5) is 0.357. The van der Waals surface area contributed by atoms with Gasteiger partial charge in [-0.05, 0) is 41.8 Å². The minimum absolute atomic E-state index is 0.357. The van der Waals surface area contributed by atoms with Crippen LogP contribution in [0, 0.1) is 11.8 Å². The highest BCUT2D eigenvalue weighted by molar-refractivity contribution is 7.89. The molecule has 4 nitrogen and oxygen atoms in total. The van der Waals surface area contributed by atoms with E-state index in [1.807, 2.05) is 6.07 Å². The quantitative estimate of drug-likeness (QED) is 0.883. The van der Waals surface area contributed by atoms with Crippen LogP contribution in [-0.2, 0) is 10.0 Å². The number of sulfonamides is 1. The summed E-state index contributed by atoms with van der Waals surface area (Å²) < 4.78 is 27.1. The molecule has 1 aliphatic rings. The highest BCUT2D eigenvalue weighted by Crippen LogP contribution is 2.39. The maximum Gasteiger partial charge on any atom is 0.243 e. The molecule has 0 aromatic heterocycles. The van der Waals surface area contributed by atoms with Crippen molar-refractivity contribution < 1.29 is 8.42 Å². The molecule has 0 radical (unpaired) electrons. The Labute approximate surface area is 125 Å². The topological polar surface area (TPSA) is 63.4 Å². The molecule has 1 saturated carbocycles. The van der Waals surface area contributed by atoms with Gasteiger partial charge in [0.15, 0.2) is 0 Å². The Balaban J connectivity index is 2.02. The lowest BCUT2D eigenvalue weighted by molar-refractivity contribution is 0.445. The van der Waals surface area contributed by atoms with Crippen LogP contribution >= 0.6 is 0 Å². The predicted octanol–water partition coefficient (Wildman–Crippen LogP) is 2.70. The third-order valence-corrected chi connectivity index (χ3v) is 6.20. The zero-order valence-corrected chi connectivity index (χ0v) is 13.1. The average molecular weight is 304 g/mol. The number of nitrogen functional groups attached to an aromatic ring is 1. The molecule has 1 aliphatic carbocycles. The van der Waals surface area contributed by atoms with Gasteiger partial charge in [0.25, 0.3) is 0 Å². The molecule has 21 heavy (non-hydrogen) atoms. The molecular formula is C16H20N2O2S. The van der Waals surface area contributed by atoms with E-state index in [0.29, 0.717) is 29.0 Å². The fourth-order valence-corrected chi connectivity index (χ4v) is 4.18. The molecule has 2 atom stereocenters. The first-order valence-corrected chi connectivity index (χ1v) is 8.58. The molecule has 2 N–H and O–H groups in total. The molecule has 2 unspecified atom stereocenters. The maximum absolute atomic E-state index is 12.8. The molecule has 0 saturated heterocycles. The zero-order chi connectivity index (χ0) is 15.2. The molecule has 0 amide bonds. The molecule has 112 valence electrons. The standard InChI is InChI=1S/C16H20N2O2S/c1-11-8-13(11)10-18(2)21(19,20)16-5-3-4-12-9-14(17)6-7-15(12)16/h3-7,9,11,13H,8,10,17H2,1-2H3. The van der Waals surface area contributed by atoms with E-state index >= 15 is 0 Å². The summed E-state index contributed by atoms with van der Waals surface area (Å²) >= 11 is 0. The van der Waals surface area contributed by atoms with Crippen LogP contribution in [0.3, 0.4) is 0 Å². The second-order valence-corrected chi connectivity index (χ2v) is 8.01. The highest BCUT2D eigenvalue weighted by Gasteiger charge is 2.36. The Morgan fingerprint density at radius 1 is 1.29 bits per heavy atom. The molecule has 0 spiro atoms. The van der Waals surface area contributed by atoms with Gasteiger partial charge in [-0.25, -0.2) is 12.7 Å². The summed E-state index contributed by atoms with van der Waals surface area (Å²) in [6.07, 6.45) is 1.12. The molecule has 1 fully saturated rings. The van der Waals surface area contributed by atoms with Crippen molar-refractivity contribution in [3.8, 4) is 0 Å². The molecule has 5 heteroatoms. The first-order chi connectivity index (χ1) is 9.89. The molecule has 3 rings (SSSR count). The number of hydrogen-bond acceptors (Lipinski definition) is 3. The van der Waals surface area contributed by atoms with E-state index in [-0.39, 0.29) is 0 Å². The first-order valence-electron chi connectivity index (χ1n) is 7.14. The van der Waals surface area contributed by atoms with Gasteiger partial charge >= 0.3 is 0 Å². The Kier molecular flexibility index (Phi) is 3.42. The van der Waals surface area contributed by atoms with Gasteiger partial charge in [0.1, 0.15) is 0 Å². The monoisotopic (exact) mass is 304 g/mol. The summed E-state index contributed by atoms with van der Waals surface area (Å²) in [5, 5.41) is 1.58. The van der Waals surface area contributed by atoms with Crippen LogP contribution in [-0.4, -0.2) is 26.3 Å². The number of fused-ring (bicyclic) bond motifs is 1. The van der Waals surface area contributed by atoms with Crippen LogP contribution in [0.2, 0.25) is 0 Å². The van der Waals surface area contributed by atoms with E-state index in [2.05, 4.69) is 6.92 Å². The zero-order valence-electron chi connectivity index (χ0n) is 12.3. The van der Waals surface area contributed by atoms with Crippen LogP contribution < -0.4 is 5.73 Å². The van der Waals surface area contributed by atoms with E-state index < -0.39 is 10.0 Å². The summed E-state index contributed by atoms with van der Waals surface area (Å²) in [6, 6.07) is 10.6. The second kappa shape index (κ2) is 5.00. The van der Waals surface area contributed by atoms with Crippen molar-refractivity contribution in [3.05, 3.63) is 36.4 Å². The largest absolute Gasteiger partial charge is 0.399 e. The van der Waals surface area contributed by atoms with Crippen molar-refractivity contribution in [2.24, 2.45) is 11.8 Å². The van der Waals surface area contributed by atoms with E-state index in [1.165, 1.54) is 4.31 Å². The van der Waals surface area contributed by atoms with Gasteiger partial charge in [-0.15, -0.1) is 0 Å². The normalized spacial score (nSPS) is 21.9. The van der Waals surface area contributed by atoms with Crippen molar-refractivity contribution in [1.29, 1.82) is 0 Å². The number of nitrogens with zero attached hydrogens (tertiary/aromatic N) is 1. The van der Waals surface area contributed by atoms with Crippen LogP contribution in [0.4, 0.5) is 5.69 Å². The lowest BCUT2D eigenvalue weighted by atomic mass is 10.1. The number of nitrogens with two attached hydrogens (primary N) is 1. The average Bonchev–Trinajstić information content (AvgIpc) is 3.12. The third kappa shape index (κ3) is 2.63. The van der Waals surface area contributed by atoms with E-state index in [1.54, 1.807) is 37.4 Å². The maximum atomic E-state index is 12.8. The summed E-state index contributed by atoms with van der Waals surface area (Å²) in [6.45, 7) is 2.75. The van der Waals surface area contributed by atoms with Crippen molar-refractivity contribution in [2.75, 3.05) is 19.3 Å². The van der Waals surface area contributed by atoms with E-state index in [0.717, 1.165) is 17.2 Å². The number of anilines is 1. The molecule has 2 aromatic carbocycles. The second-order valence-electron chi connectivity index (χ2n) is 6.00. The number of hydrogen-bond donors (Lipinski definition) is 1. The van der Waals surface area contributed by atoms with Gasteiger partial charge in [0, 0.05) is 24.7 Å². The number of rotatable bonds is 4. The van der Waals surface area contributed by atoms with Gasteiger partial charge < -0.3 is 5.73 Å². The SMILES string of the molecule is CC1CC1CN(C)S(=O)(=O)c1cccc2cc(N)ccc12. The number of benzene rings is 2. The lowest BCUT2D eigenvalue weighted by Crippen LogP contribution is -2.29. The minimum Gasteiger partial charge on any atom is -0.399 e. The molecule has 0 heterocycles. The van der Waals surface area contributed by atoms with Gasteiger partial charge in [-0.3, -0.25) is 0 Å². The Morgan fingerprint density at radius 2 is 2.00 bits per heavy atom. The van der Waals surface area contributed by atoms with Crippen LogP contribution in [0.15, 0.2) is 41.3 Å². The van der Waals surface area contributed by atoms with Gasteiger partial charge in [0.2, 0.25) is 10.0 Å². The van der Waals surface area contributed by atoms with Crippen molar-refractivity contribution in [2.45, 2.75) is 18.2 Å². The smallest absolute Gasteiger partial charge is 0.243 e. The Morgan fingerprint density at radius 3 is 2.67 bits per heavy atom. The predicted molar refractivity (Wildman–Crippen MR) is 85.4 cm³/mol. The van der Waals surface area contributed by atoms with Crippen LogP contribution in [0.5, 0.6) is 0 Å².